The van der Waals surface area contributed by atoms with Gasteiger partial charge in [-0.3, -0.25) is 4.79 Å². The number of carbonyl (C=O) groups is 1. The number of nitrogens with one attached hydrogen (secondary N) is 1. The van der Waals surface area contributed by atoms with Crippen molar-refractivity contribution in [3.63, 3.8) is 0 Å². The minimum absolute atomic E-state index is 0.0266. The predicted molar refractivity (Wildman–Crippen MR) is 97.3 cm³/mol. The highest BCUT2D eigenvalue weighted by Gasteiger charge is 2.21. The van der Waals surface area contributed by atoms with Crippen molar-refractivity contribution in [3.05, 3.63) is 46.8 Å². The van der Waals surface area contributed by atoms with Crippen LogP contribution in [0.3, 0.4) is 0 Å². The molecule has 2 aromatic rings. The molecule has 1 saturated heterocycles. The first-order valence-electron chi connectivity index (χ1n) is 7.57. The Balaban J connectivity index is 1.82. The molecular formula is C16H16BrN3O4S. The lowest BCUT2D eigenvalue weighted by molar-refractivity contribution is 0.0995. The molecule has 0 radical (unpaired) electrons. The van der Waals surface area contributed by atoms with E-state index in [9.17, 15) is 13.2 Å². The van der Waals surface area contributed by atoms with Crippen LogP contribution in [0.4, 0.5) is 5.69 Å². The second-order valence-corrected chi connectivity index (χ2v) is 7.98. The number of amides is 1. The molecule has 1 amide bonds. The number of amidine groups is 1. The zero-order chi connectivity index (χ0) is 18.0. The normalized spacial score (nSPS) is 16.4. The maximum atomic E-state index is 12.5. The van der Waals surface area contributed by atoms with E-state index in [0.717, 1.165) is 13.0 Å². The first-order valence-corrected chi connectivity index (χ1v) is 9.80. The van der Waals surface area contributed by atoms with Crippen LogP contribution in [-0.4, -0.2) is 38.7 Å². The van der Waals surface area contributed by atoms with Crippen LogP contribution in [0, 0.1) is 0 Å². The highest BCUT2D eigenvalue weighted by Crippen LogP contribution is 2.21. The van der Waals surface area contributed by atoms with Gasteiger partial charge in [0.15, 0.2) is 10.4 Å². The van der Waals surface area contributed by atoms with Gasteiger partial charge in [-0.2, -0.15) is 8.42 Å². The highest BCUT2D eigenvalue weighted by atomic mass is 79.9. The predicted octanol–water partition coefficient (Wildman–Crippen LogP) is 3.11. The molecule has 1 aromatic heterocycles. The molecule has 0 aliphatic carbocycles. The van der Waals surface area contributed by atoms with E-state index in [0.29, 0.717) is 22.6 Å². The number of rotatable bonds is 4. The average molecular weight is 426 g/mol. The first-order chi connectivity index (χ1) is 11.8. The molecule has 0 bridgehead atoms. The van der Waals surface area contributed by atoms with Crippen LogP contribution in [0.15, 0.2) is 54.8 Å². The number of furan rings is 1. The first kappa shape index (κ1) is 17.7. The molecule has 25 heavy (non-hydrogen) atoms. The SMILES string of the molecule is CN1CCC/C1=N\S(=O)(=O)c1cccc(NC(=O)c2ccc(Br)o2)c1. The van der Waals surface area contributed by atoms with E-state index < -0.39 is 15.9 Å². The number of anilines is 1. The minimum Gasteiger partial charge on any atom is -0.444 e. The molecule has 1 aliphatic heterocycles. The molecule has 0 unspecified atom stereocenters. The van der Waals surface area contributed by atoms with E-state index >= 15 is 0 Å². The van der Waals surface area contributed by atoms with Crippen molar-refractivity contribution in [2.45, 2.75) is 17.7 Å². The second kappa shape index (κ2) is 7.01. The van der Waals surface area contributed by atoms with Gasteiger partial charge in [0.1, 0.15) is 5.84 Å². The fourth-order valence-corrected chi connectivity index (χ4v) is 3.91. The van der Waals surface area contributed by atoms with Crippen molar-refractivity contribution >= 4 is 43.4 Å². The quantitative estimate of drug-likeness (QED) is 0.811. The molecule has 0 saturated carbocycles. The molecule has 9 heteroatoms. The Morgan fingerprint density at radius 2 is 2.12 bits per heavy atom. The van der Waals surface area contributed by atoms with Gasteiger partial charge in [-0.15, -0.1) is 4.40 Å². The number of halogens is 1. The zero-order valence-electron chi connectivity index (χ0n) is 13.4. The summed E-state index contributed by atoms with van der Waals surface area (Å²) < 4.78 is 34.5. The number of benzene rings is 1. The van der Waals surface area contributed by atoms with Crippen molar-refractivity contribution in [1.82, 2.24) is 4.90 Å². The van der Waals surface area contributed by atoms with Crippen LogP contribution in [0.25, 0.3) is 0 Å². The number of hydrogen-bond donors (Lipinski definition) is 1. The molecule has 7 nitrogen and oxygen atoms in total. The summed E-state index contributed by atoms with van der Waals surface area (Å²) in [6, 6.07) is 9.10. The van der Waals surface area contributed by atoms with Gasteiger partial charge < -0.3 is 14.6 Å². The topological polar surface area (TPSA) is 92.0 Å². The third-order valence-electron chi connectivity index (χ3n) is 3.75. The third kappa shape index (κ3) is 4.10. The highest BCUT2D eigenvalue weighted by molar-refractivity contribution is 9.10. The number of carbonyl (C=O) groups excluding carboxylic acids is 1. The molecule has 132 valence electrons. The van der Waals surface area contributed by atoms with Crippen LogP contribution < -0.4 is 5.32 Å². The smallest absolute Gasteiger partial charge is 0.291 e. The van der Waals surface area contributed by atoms with Crippen molar-refractivity contribution in [3.8, 4) is 0 Å². The Labute approximate surface area is 153 Å². The van der Waals surface area contributed by atoms with Crippen LogP contribution in [0.1, 0.15) is 23.4 Å². The summed E-state index contributed by atoms with van der Waals surface area (Å²) in [6.07, 6.45) is 1.53. The fraction of sp³-hybridized carbons (Fsp3) is 0.250. The van der Waals surface area contributed by atoms with E-state index in [1.54, 1.807) is 18.2 Å². The maximum absolute atomic E-state index is 12.5. The van der Waals surface area contributed by atoms with Crippen LogP contribution >= 0.6 is 15.9 Å². The Morgan fingerprint density at radius 1 is 1.32 bits per heavy atom. The molecule has 0 atom stereocenters. The summed E-state index contributed by atoms with van der Waals surface area (Å²) in [5, 5.41) is 2.61. The van der Waals surface area contributed by atoms with Gasteiger partial charge in [0.05, 0.1) is 4.90 Å². The molecule has 1 aliphatic rings. The largest absolute Gasteiger partial charge is 0.444 e. The molecule has 0 spiro atoms. The second-order valence-electron chi connectivity index (χ2n) is 5.59. The van der Waals surface area contributed by atoms with Gasteiger partial charge in [0.2, 0.25) is 0 Å². The van der Waals surface area contributed by atoms with E-state index in [1.807, 2.05) is 11.9 Å². The van der Waals surface area contributed by atoms with E-state index in [2.05, 4.69) is 25.6 Å². The minimum atomic E-state index is -3.83. The molecule has 2 heterocycles. The van der Waals surface area contributed by atoms with Gasteiger partial charge in [-0.05, 0) is 52.7 Å². The zero-order valence-corrected chi connectivity index (χ0v) is 15.8. The summed E-state index contributed by atoms with van der Waals surface area (Å²) in [4.78, 5) is 14.0. The Bertz CT molecular complexity index is 936. The van der Waals surface area contributed by atoms with Gasteiger partial charge in [0.25, 0.3) is 15.9 Å². The molecule has 3 rings (SSSR count). The fourth-order valence-electron chi connectivity index (χ4n) is 2.46. The summed E-state index contributed by atoms with van der Waals surface area (Å²) in [6.45, 7) is 0.795. The number of hydrogen-bond acceptors (Lipinski definition) is 4. The Kier molecular flexibility index (Phi) is 4.96. The lowest BCUT2D eigenvalue weighted by atomic mass is 10.3. The third-order valence-corrected chi connectivity index (χ3v) is 5.47. The lowest BCUT2D eigenvalue weighted by Crippen LogP contribution is -2.20. The Hall–Kier alpha value is -2.13. The number of likely N-dealkylation sites (tertiary alicyclic amines) is 1. The van der Waals surface area contributed by atoms with Crippen LogP contribution in [0.5, 0.6) is 0 Å². The van der Waals surface area contributed by atoms with Gasteiger partial charge in [-0.1, -0.05) is 6.07 Å². The standard InChI is InChI=1S/C16H16BrN3O4S/c1-20-9-3-6-15(20)19-25(22,23)12-5-2-4-11(10-12)18-16(21)13-7-8-14(17)24-13/h2,4-5,7-8,10H,3,6,9H2,1H3,(H,18,21)/b19-15+. The maximum Gasteiger partial charge on any atom is 0.291 e. The van der Waals surface area contributed by atoms with E-state index in [4.69, 9.17) is 4.42 Å². The average Bonchev–Trinajstić information content (AvgIpc) is 3.16. The molecular weight excluding hydrogens is 410 g/mol. The molecule has 1 N–H and O–H groups in total. The van der Waals surface area contributed by atoms with Crippen molar-refractivity contribution in [1.29, 1.82) is 0 Å². The monoisotopic (exact) mass is 425 g/mol. The van der Waals surface area contributed by atoms with E-state index in [1.165, 1.54) is 18.2 Å². The summed E-state index contributed by atoms with van der Waals surface area (Å²) in [5.74, 6) is 0.199. The summed E-state index contributed by atoms with van der Waals surface area (Å²) >= 11 is 3.13. The van der Waals surface area contributed by atoms with Gasteiger partial charge >= 0.3 is 0 Å². The molecule has 1 fully saturated rings. The van der Waals surface area contributed by atoms with Crippen molar-refractivity contribution in [2.24, 2.45) is 4.40 Å². The van der Waals surface area contributed by atoms with Gasteiger partial charge in [-0.25, -0.2) is 0 Å². The number of nitrogens with zero attached hydrogens (tertiary/aromatic N) is 2. The molecule has 1 aromatic carbocycles. The summed E-state index contributed by atoms with van der Waals surface area (Å²) in [5.41, 5.74) is 0.346. The Morgan fingerprint density at radius 3 is 2.76 bits per heavy atom. The van der Waals surface area contributed by atoms with Crippen LogP contribution in [-0.2, 0) is 10.0 Å². The van der Waals surface area contributed by atoms with E-state index in [-0.39, 0.29) is 10.7 Å². The summed E-state index contributed by atoms with van der Waals surface area (Å²) in [7, 11) is -2.01. The lowest BCUT2D eigenvalue weighted by Gasteiger charge is -2.11. The van der Waals surface area contributed by atoms with Crippen molar-refractivity contribution in [2.75, 3.05) is 18.9 Å². The van der Waals surface area contributed by atoms with Gasteiger partial charge in [0, 0.05) is 25.7 Å². The number of sulfonamides is 1. The van der Waals surface area contributed by atoms with Crippen molar-refractivity contribution < 1.29 is 17.6 Å². The van der Waals surface area contributed by atoms with Crippen LogP contribution in [0.2, 0.25) is 0 Å².